The van der Waals surface area contributed by atoms with Crippen molar-refractivity contribution in [2.24, 2.45) is 0 Å². The fourth-order valence-corrected chi connectivity index (χ4v) is 3.66. The van der Waals surface area contributed by atoms with Crippen molar-refractivity contribution in [2.45, 2.75) is 117 Å². The van der Waals surface area contributed by atoms with Gasteiger partial charge in [0.2, 0.25) is 0 Å². The Kier molecular flexibility index (Phi) is 12.9. The lowest BCUT2D eigenvalue weighted by atomic mass is 9.93. The molecule has 1 rings (SSSR count). The van der Waals surface area contributed by atoms with Crippen molar-refractivity contribution in [2.75, 3.05) is 0 Å². The lowest BCUT2D eigenvalue weighted by Crippen LogP contribution is -1.96. The van der Waals surface area contributed by atoms with Crippen LogP contribution in [-0.2, 0) is 6.42 Å². The third-order valence-corrected chi connectivity index (χ3v) is 5.23. The summed E-state index contributed by atoms with van der Waals surface area (Å²) >= 11 is 0. The third-order valence-electron chi connectivity index (χ3n) is 5.23. The van der Waals surface area contributed by atoms with Gasteiger partial charge < -0.3 is 0 Å². The number of rotatable bonds is 15. The summed E-state index contributed by atoms with van der Waals surface area (Å²) in [6.07, 6.45) is 20.0. The Morgan fingerprint density at radius 1 is 0.625 bits per heavy atom. The fourth-order valence-electron chi connectivity index (χ4n) is 3.66. The van der Waals surface area contributed by atoms with E-state index in [1.165, 1.54) is 89.9 Å². The van der Waals surface area contributed by atoms with Gasteiger partial charge in [0.25, 0.3) is 0 Å². The highest BCUT2D eigenvalue weighted by Gasteiger charge is 2.05. The highest BCUT2D eigenvalue weighted by Crippen LogP contribution is 2.21. The Morgan fingerprint density at radius 3 is 1.58 bits per heavy atom. The molecular formula is C24H42. The van der Waals surface area contributed by atoms with Crippen LogP contribution in [0.4, 0.5) is 0 Å². The van der Waals surface area contributed by atoms with E-state index in [4.69, 9.17) is 0 Å². The summed E-state index contributed by atoms with van der Waals surface area (Å²) in [6, 6.07) is 9.02. The van der Waals surface area contributed by atoms with Crippen LogP contribution in [0.1, 0.15) is 121 Å². The summed E-state index contributed by atoms with van der Waals surface area (Å²) in [7, 11) is 0. The normalized spacial score (nSPS) is 11.3. The lowest BCUT2D eigenvalue weighted by Gasteiger charge is -2.12. The van der Waals surface area contributed by atoms with E-state index in [0.717, 1.165) is 0 Å². The Bertz CT molecular complexity index is 391. The van der Waals surface area contributed by atoms with Gasteiger partial charge in [-0.1, -0.05) is 122 Å². The average Bonchev–Trinajstić information content (AvgIpc) is 2.59. The first kappa shape index (κ1) is 21.3. The largest absolute Gasteiger partial charge is 0.0654 e. The Labute approximate surface area is 152 Å². The van der Waals surface area contributed by atoms with Gasteiger partial charge in [-0.05, 0) is 29.9 Å². The molecule has 0 N–H and O–H groups in total. The summed E-state index contributed by atoms with van der Waals surface area (Å²) < 4.78 is 0. The maximum absolute atomic E-state index is 2.33. The molecule has 0 heterocycles. The van der Waals surface area contributed by atoms with E-state index in [0.29, 0.717) is 5.92 Å². The van der Waals surface area contributed by atoms with E-state index in [2.05, 4.69) is 45.0 Å². The number of unbranched alkanes of at least 4 members (excludes halogenated alkanes) is 12. The van der Waals surface area contributed by atoms with Crippen LogP contribution in [0.3, 0.4) is 0 Å². The van der Waals surface area contributed by atoms with Crippen LogP contribution in [0, 0.1) is 0 Å². The van der Waals surface area contributed by atoms with Gasteiger partial charge in [-0.15, -0.1) is 0 Å². The molecule has 0 aliphatic carbocycles. The van der Waals surface area contributed by atoms with E-state index < -0.39 is 0 Å². The number of hydrogen-bond acceptors (Lipinski definition) is 0. The molecule has 0 nitrogen and oxygen atoms in total. The molecule has 1 aromatic rings. The van der Waals surface area contributed by atoms with E-state index in [-0.39, 0.29) is 0 Å². The first-order valence-electron chi connectivity index (χ1n) is 10.8. The van der Waals surface area contributed by atoms with Crippen molar-refractivity contribution in [3.63, 3.8) is 0 Å². The minimum absolute atomic E-state index is 0.656. The van der Waals surface area contributed by atoms with Crippen molar-refractivity contribution >= 4 is 0 Å². The molecule has 0 bridgehead atoms. The topological polar surface area (TPSA) is 0 Å². The minimum Gasteiger partial charge on any atom is -0.0654 e. The van der Waals surface area contributed by atoms with Gasteiger partial charge in [-0.2, -0.15) is 0 Å². The van der Waals surface area contributed by atoms with E-state index in [9.17, 15) is 0 Å². The van der Waals surface area contributed by atoms with E-state index in [1.54, 1.807) is 11.1 Å². The molecule has 0 aliphatic heterocycles. The monoisotopic (exact) mass is 330 g/mol. The zero-order valence-corrected chi connectivity index (χ0v) is 16.8. The summed E-state index contributed by atoms with van der Waals surface area (Å²) in [5, 5.41) is 0. The maximum atomic E-state index is 2.33. The van der Waals surface area contributed by atoms with Gasteiger partial charge in [0.15, 0.2) is 0 Å². The molecule has 0 atom stereocenters. The van der Waals surface area contributed by atoms with Crippen molar-refractivity contribution in [3.8, 4) is 0 Å². The van der Waals surface area contributed by atoms with Crippen molar-refractivity contribution in [1.82, 2.24) is 0 Å². The summed E-state index contributed by atoms with van der Waals surface area (Å²) in [5.74, 6) is 0.656. The molecule has 0 spiro atoms. The molecular weight excluding hydrogens is 288 g/mol. The molecule has 0 aliphatic rings. The molecule has 1 aromatic carbocycles. The molecule has 24 heavy (non-hydrogen) atoms. The van der Waals surface area contributed by atoms with Crippen LogP contribution >= 0.6 is 0 Å². The zero-order valence-electron chi connectivity index (χ0n) is 16.8. The number of benzene rings is 1. The maximum Gasteiger partial charge on any atom is -0.0216 e. The summed E-state index contributed by atoms with van der Waals surface area (Å²) in [5.41, 5.74) is 3.13. The second-order valence-electron chi connectivity index (χ2n) is 7.85. The molecule has 0 amide bonds. The minimum atomic E-state index is 0.656. The van der Waals surface area contributed by atoms with Crippen molar-refractivity contribution in [1.29, 1.82) is 0 Å². The number of hydrogen-bond donors (Lipinski definition) is 0. The molecule has 0 unspecified atom stereocenters. The quantitative estimate of drug-likeness (QED) is 0.283. The molecule has 0 saturated heterocycles. The van der Waals surface area contributed by atoms with Crippen LogP contribution in [-0.4, -0.2) is 0 Å². The number of aryl methyl sites for hydroxylation is 1. The SMILES string of the molecule is CCCCCCCCCCCCCCCc1ccccc1C(C)C. The molecule has 0 saturated carbocycles. The average molecular weight is 331 g/mol. The second-order valence-corrected chi connectivity index (χ2v) is 7.85. The zero-order chi connectivity index (χ0) is 17.5. The Morgan fingerprint density at radius 2 is 1.08 bits per heavy atom. The standard InChI is InChI=1S/C24H42/c1-4-5-6-7-8-9-10-11-12-13-14-15-16-19-23-20-17-18-21-24(23)22(2)3/h17-18,20-22H,4-16,19H2,1-3H3. The van der Waals surface area contributed by atoms with Crippen molar-refractivity contribution in [3.05, 3.63) is 35.4 Å². The smallest absolute Gasteiger partial charge is 0.0216 e. The van der Waals surface area contributed by atoms with Gasteiger partial charge in [-0.25, -0.2) is 0 Å². The van der Waals surface area contributed by atoms with Crippen LogP contribution in [0.15, 0.2) is 24.3 Å². The van der Waals surface area contributed by atoms with Crippen LogP contribution in [0.2, 0.25) is 0 Å². The fraction of sp³-hybridized carbons (Fsp3) is 0.750. The molecule has 138 valence electrons. The Hall–Kier alpha value is -0.780. The first-order valence-corrected chi connectivity index (χ1v) is 10.8. The highest BCUT2D eigenvalue weighted by molar-refractivity contribution is 5.29. The Balaban J connectivity index is 1.92. The molecule has 0 radical (unpaired) electrons. The molecule has 0 fully saturated rings. The van der Waals surface area contributed by atoms with Gasteiger partial charge in [0.05, 0.1) is 0 Å². The third kappa shape index (κ3) is 10.2. The van der Waals surface area contributed by atoms with Crippen LogP contribution < -0.4 is 0 Å². The van der Waals surface area contributed by atoms with Crippen molar-refractivity contribution < 1.29 is 0 Å². The first-order chi connectivity index (χ1) is 11.8. The van der Waals surface area contributed by atoms with Crippen LogP contribution in [0.25, 0.3) is 0 Å². The van der Waals surface area contributed by atoms with Gasteiger partial charge in [0.1, 0.15) is 0 Å². The van der Waals surface area contributed by atoms with Gasteiger partial charge in [0, 0.05) is 0 Å². The lowest BCUT2D eigenvalue weighted by molar-refractivity contribution is 0.539. The summed E-state index contributed by atoms with van der Waals surface area (Å²) in [6.45, 7) is 6.91. The molecule has 0 heteroatoms. The summed E-state index contributed by atoms with van der Waals surface area (Å²) in [4.78, 5) is 0. The van der Waals surface area contributed by atoms with E-state index >= 15 is 0 Å². The second kappa shape index (κ2) is 14.6. The highest BCUT2D eigenvalue weighted by atomic mass is 14.1. The predicted octanol–water partition coefficient (Wildman–Crippen LogP) is 8.44. The van der Waals surface area contributed by atoms with Gasteiger partial charge in [-0.3, -0.25) is 0 Å². The van der Waals surface area contributed by atoms with E-state index in [1.807, 2.05) is 0 Å². The van der Waals surface area contributed by atoms with Crippen LogP contribution in [0.5, 0.6) is 0 Å². The predicted molar refractivity (Wildman–Crippen MR) is 110 cm³/mol. The van der Waals surface area contributed by atoms with Gasteiger partial charge >= 0.3 is 0 Å². The molecule has 0 aromatic heterocycles.